The summed E-state index contributed by atoms with van der Waals surface area (Å²) < 4.78 is 5.22. The molecule has 0 aromatic heterocycles. The van der Waals surface area contributed by atoms with Crippen molar-refractivity contribution in [3.8, 4) is 0 Å². The smallest absolute Gasteiger partial charge is 0.426 e. The fraction of sp³-hybridized carbons (Fsp3) is 0.318. The third-order valence-electron chi connectivity index (χ3n) is 3.79. The van der Waals surface area contributed by atoms with Gasteiger partial charge in [-0.25, -0.2) is 20.0 Å². The number of benzene rings is 2. The second-order valence-corrected chi connectivity index (χ2v) is 8.64. The number of rotatable bonds is 7. The van der Waals surface area contributed by atoms with Crippen molar-refractivity contribution in [2.24, 2.45) is 0 Å². The van der Waals surface area contributed by atoms with Gasteiger partial charge in [0.05, 0.1) is 0 Å². The van der Waals surface area contributed by atoms with Gasteiger partial charge in [-0.05, 0) is 44.9 Å². The predicted octanol–water partition coefficient (Wildman–Crippen LogP) is 4.09. The van der Waals surface area contributed by atoms with Crippen LogP contribution in [0.25, 0.3) is 0 Å². The van der Waals surface area contributed by atoms with E-state index in [1.165, 1.54) is 0 Å². The van der Waals surface area contributed by atoms with Gasteiger partial charge in [-0.3, -0.25) is 4.79 Å². The van der Waals surface area contributed by atoms with E-state index in [9.17, 15) is 19.5 Å². The average Bonchev–Trinajstić information content (AvgIpc) is 2.69. The molecule has 2 amide bonds. The van der Waals surface area contributed by atoms with Crippen molar-refractivity contribution < 1.29 is 24.2 Å². The molecule has 2 aromatic carbocycles. The SMILES string of the molecule is CC(C)(C)OC(=O)NN(C(=O)CCc1ccccc1)[C@@H](Sc1ccccc1)C(=O)O. The van der Waals surface area contributed by atoms with Crippen molar-refractivity contribution in [1.82, 2.24) is 10.4 Å². The summed E-state index contributed by atoms with van der Waals surface area (Å²) in [4.78, 5) is 37.9. The van der Waals surface area contributed by atoms with E-state index < -0.39 is 28.9 Å². The van der Waals surface area contributed by atoms with Crippen LogP contribution in [0.3, 0.4) is 0 Å². The Kier molecular flexibility index (Phi) is 8.29. The quantitative estimate of drug-likeness (QED) is 0.390. The molecule has 0 radical (unpaired) electrons. The van der Waals surface area contributed by atoms with Crippen LogP contribution >= 0.6 is 11.8 Å². The molecule has 0 aliphatic rings. The first kappa shape index (κ1) is 23.3. The Morgan fingerprint density at radius 1 is 1.03 bits per heavy atom. The van der Waals surface area contributed by atoms with E-state index in [1.807, 2.05) is 36.4 Å². The van der Waals surface area contributed by atoms with Gasteiger partial charge in [-0.15, -0.1) is 0 Å². The summed E-state index contributed by atoms with van der Waals surface area (Å²) >= 11 is 0.950. The van der Waals surface area contributed by atoms with Gasteiger partial charge in [0.15, 0.2) is 0 Å². The highest BCUT2D eigenvalue weighted by molar-refractivity contribution is 8.00. The molecule has 2 aromatic rings. The van der Waals surface area contributed by atoms with Crippen LogP contribution in [0.4, 0.5) is 4.79 Å². The number of hydrogen-bond acceptors (Lipinski definition) is 5. The van der Waals surface area contributed by atoms with Crippen molar-refractivity contribution in [2.45, 2.75) is 49.5 Å². The third kappa shape index (κ3) is 7.79. The van der Waals surface area contributed by atoms with Crippen LogP contribution in [0.5, 0.6) is 0 Å². The molecule has 0 saturated heterocycles. The maximum Gasteiger partial charge on any atom is 0.426 e. The van der Waals surface area contributed by atoms with E-state index >= 15 is 0 Å². The van der Waals surface area contributed by atoms with Crippen LogP contribution in [-0.4, -0.2) is 39.1 Å². The number of hydrogen-bond donors (Lipinski definition) is 2. The number of nitrogens with one attached hydrogen (secondary N) is 1. The molecule has 30 heavy (non-hydrogen) atoms. The summed E-state index contributed by atoms with van der Waals surface area (Å²) in [6.07, 6.45) is -0.455. The van der Waals surface area contributed by atoms with E-state index in [-0.39, 0.29) is 6.42 Å². The fourth-order valence-corrected chi connectivity index (χ4v) is 3.46. The largest absolute Gasteiger partial charge is 0.479 e. The molecule has 0 aliphatic carbocycles. The molecule has 0 aliphatic heterocycles. The summed E-state index contributed by atoms with van der Waals surface area (Å²) in [5, 5.41) is 9.26. The zero-order valence-electron chi connectivity index (χ0n) is 17.2. The van der Waals surface area contributed by atoms with Gasteiger partial charge in [0, 0.05) is 11.3 Å². The van der Waals surface area contributed by atoms with Crippen LogP contribution in [0.2, 0.25) is 0 Å². The molecule has 2 N–H and O–H groups in total. The maximum atomic E-state index is 12.9. The Hall–Kier alpha value is -3.00. The molecule has 2 rings (SSSR count). The molecule has 7 nitrogen and oxygen atoms in total. The minimum absolute atomic E-state index is 0.0267. The van der Waals surface area contributed by atoms with Crippen LogP contribution in [0.1, 0.15) is 32.8 Å². The van der Waals surface area contributed by atoms with Crippen molar-refractivity contribution in [3.63, 3.8) is 0 Å². The zero-order valence-corrected chi connectivity index (χ0v) is 18.0. The first-order valence-electron chi connectivity index (χ1n) is 9.46. The number of carbonyl (C=O) groups excluding carboxylic acids is 2. The summed E-state index contributed by atoms with van der Waals surface area (Å²) in [6.45, 7) is 5.05. The lowest BCUT2D eigenvalue weighted by molar-refractivity contribution is -0.148. The van der Waals surface area contributed by atoms with Gasteiger partial charge in [0.25, 0.3) is 0 Å². The first-order chi connectivity index (χ1) is 14.2. The summed E-state index contributed by atoms with van der Waals surface area (Å²) in [6, 6.07) is 18.2. The molecule has 8 heteroatoms. The lowest BCUT2D eigenvalue weighted by Crippen LogP contribution is -2.54. The number of aliphatic carboxylic acids is 1. The van der Waals surface area contributed by atoms with Gasteiger partial charge in [0.1, 0.15) is 5.60 Å². The van der Waals surface area contributed by atoms with Gasteiger partial charge in [-0.2, -0.15) is 0 Å². The van der Waals surface area contributed by atoms with Crippen molar-refractivity contribution in [3.05, 3.63) is 66.2 Å². The molecule has 0 spiro atoms. The summed E-state index contributed by atoms with van der Waals surface area (Å²) in [5.41, 5.74) is 2.47. The Labute approximate surface area is 180 Å². The topological polar surface area (TPSA) is 95.9 Å². The number of nitrogens with zero attached hydrogens (tertiary/aromatic N) is 1. The van der Waals surface area contributed by atoms with Gasteiger partial charge in [0.2, 0.25) is 11.3 Å². The van der Waals surface area contributed by atoms with Gasteiger partial charge in [-0.1, -0.05) is 60.3 Å². The van der Waals surface area contributed by atoms with E-state index in [0.717, 1.165) is 22.3 Å². The number of thioether (sulfide) groups is 1. The number of carboxylic acids is 1. The molecular weight excluding hydrogens is 404 g/mol. The zero-order chi connectivity index (χ0) is 22.1. The van der Waals surface area contributed by atoms with Crippen molar-refractivity contribution >= 4 is 29.7 Å². The Morgan fingerprint density at radius 3 is 2.13 bits per heavy atom. The molecule has 0 heterocycles. The Balaban J connectivity index is 2.21. The maximum absolute atomic E-state index is 12.9. The monoisotopic (exact) mass is 430 g/mol. The third-order valence-corrected chi connectivity index (χ3v) is 4.97. The number of hydrazine groups is 1. The minimum atomic E-state index is -1.36. The molecule has 0 unspecified atom stereocenters. The van der Waals surface area contributed by atoms with Gasteiger partial charge < -0.3 is 9.84 Å². The number of carbonyl (C=O) groups is 3. The Bertz CT molecular complexity index is 853. The second-order valence-electron chi connectivity index (χ2n) is 7.48. The van der Waals surface area contributed by atoms with E-state index in [2.05, 4.69) is 5.43 Å². The fourth-order valence-electron chi connectivity index (χ4n) is 2.51. The lowest BCUT2D eigenvalue weighted by Gasteiger charge is -2.30. The first-order valence-corrected chi connectivity index (χ1v) is 10.3. The highest BCUT2D eigenvalue weighted by Gasteiger charge is 2.33. The predicted molar refractivity (Wildman–Crippen MR) is 115 cm³/mol. The summed E-state index contributed by atoms with van der Waals surface area (Å²) in [7, 11) is 0. The highest BCUT2D eigenvalue weighted by atomic mass is 32.2. The lowest BCUT2D eigenvalue weighted by atomic mass is 10.1. The average molecular weight is 431 g/mol. The van der Waals surface area contributed by atoms with Crippen molar-refractivity contribution in [1.29, 1.82) is 0 Å². The van der Waals surface area contributed by atoms with Crippen molar-refractivity contribution in [2.75, 3.05) is 0 Å². The summed E-state index contributed by atoms with van der Waals surface area (Å²) in [5.74, 6) is -1.78. The van der Waals surface area contributed by atoms with E-state index in [1.54, 1.807) is 45.0 Å². The van der Waals surface area contributed by atoms with E-state index in [4.69, 9.17) is 4.74 Å². The van der Waals surface area contributed by atoms with Crippen LogP contribution < -0.4 is 5.43 Å². The number of carboxylic acid groups (broad SMARTS) is 1. The van der Waals surface area contributed by atoms with Gasteiger partial charge >= 0.3 is 12.1 Å². The standard InChI is InChI=1S/C22H26N2O5S/c1-22(2,3)29-21(28)23-24(18(25)15-14-16-10-6-4-7-11-16)19(20(26)27)30-17-12-8-5-9-13-17/h4-13,19H,14-15H2,1-3H3,(H,23,28)(H,26,27)/t19-/m0/s1. The highest BCUT2D eigenvalue weighted by Crippen LogP contribution is 2.26. The molecule has 1 atom stereocenters. The van der Waals surface area contributed by atoms with Crippen LogP contribution in [0, 0.1) is 0 Å². The molecular formula is C22H26N2O5S. The van der Waals surface area contributed by atoms with Crippen LogP contribution in [0.15, 0.2) is 65.6 Å². The molecule has 0 saturated carbocycles. The Morgan fingerprint density at radius 2 is 1.60 bits per heavy atom. The second kappa shape index (κ2) is 10.7. The number of ether oxygens (including phenoxy) is 1. The van der Waals surface area contributed by atoms with E-state index in [0.29, 0.717) is 11.3 Å². The number of aryl methyl sites for hydroxylation is 1. The molecule has 0 fully saturated rings. The molecule has 0 bridgehead atoms. The molecule has 160 valence electrons. The minimum Gasteiger partial charge on any atom is -0.479 e. The normalized spacial score (nSPS) is 12.0. The number of amides is 2. The van der Waals surface area contributed by atoms with Crippen LogP contribution in [-0.2, 0) is 20.7 Å².